The second-order valence-corrected chi connectivity index (χ2v) is 4.12. The Morgan fingerprint density at radius 1 is 1.55 bits per heavy atom. The van der Waals surface area contributed by atoms with Gasteiger partial charge in [0.2, 0.25) is 0 Å². The first-order valence-corrected chi connectivity index (χ1v) is 4.28. The molecule has 1 heteroatoms. The van der Waals surface area contributed by atoms with Gasteiger partial charge in [-0.25, -0.2) is 0 Å². The van der Waals surface area contributed by atoms with Gasteiger partial charge in [-0.3, -0.25) is 4.79 Å². The summed E-state index contributed by atoms with van der Waals surface area (Å²) in [6.07, 6.45) is 7.54. The Labute approximate surface area is 68.5 Å². The van der Waals surface area contributed by atoms with Crippen LogP contribution < -0.4 is 0 Å². The number of rotatable bonds is 1. The fourth-order valence-corrected chi connectivity index (χ4v) is 1.49. The van der Waals surface area contributed by atoms with Gasteiger partial charge in [-0.2, -0.15) is 0 Å². The molecule has 0 saturated carbocycles. The molecule has 1 nitrogen and oxygen atoms in total. The lowest BCUT2D eigenvalue weighted by atomic mass is 9.86. The van der Waals surface area contributed by atoms with E-state index in [0.717, 1.165) is 31.1 Å². The molecule has 0 aromatic carbocycles. The summed E-state index contributed by atoms with van der Waals surface area (Å²) in [6, 6.07) is 0. The van der Waals surface area contributed by atoms with Gasteiger partial charge >= 0.3 is 0 Å². The molecule has 0 heterocycles. The van der Waals surface area contributed by atoms with E-state index < -0.39 is 0 Å². The van der Waals surface area contributed by atoms with Crippen LogP contribution in [0, 0.1) is 5.41 Å². The molecule has 62 valence electrons. The lowest BCUT2D eigenvalue weighted by Gasteiger charge is -2.20. The third kappa shape index (κ3) is 2.49. The molecule has 0 saturated heterocycles. The molecular weight excluding hydrogens is 136 g/mol. The average molecular weight is 152 g/mol. The molecule has 0 fully saturated rings. The van der Waals surface area contributed by atoms with E-state index in [2.05, 4.69) is 19.9 Å². The van der Waals surface area contributed by atoms with Crippen molar-refractivity contribution in [2.75, 3.05) is 0 Å². The summed E-state index contributed by atoms with van der Waals surface area (Å²) >= 11 is 0. The van der Waals surface area contributed by atoms with Crippen LogP contribution in [0.25, 0.3) is 0 Å². The Kier molecular flexibility index (Phi) is 2.48. The van der Waals surface area contributed by atoms with Crippen molar-refractivity contribution in [2.24, 2.45) is 5.41 Å². The van der Waals surface area contributed by atoms with Crippen LogP contribution >= 0.6 is 0 Å². The Morgan fingerprint density at radius 3 is 2.91 bits per heavy atom. The predicted octanol–water partition coefficient (Wildman–Crippen LogP) is 2.71. The van der Waals surface area contributed by atoms with Crippen LogP contribution in [0.3, 0.4) is 0 Å². The van der Waals surface area contributed by atoms with E-state index in [4.69, 9.17) is 0 Å². The van der Waals surface area contributed by atoms with Crippen LogP contribution in [0.15, 0.2) is 11.6 Å². The molecule has 0 aromatic rings. The summed E-state index contributed by atoms with van der Waals surface area (Å²) in [5.41, 5.74) is 1.40. The van der Waals surface area contributed by atoms with Gasteiger partial charge in [-0.05, 0) is 36.7 Å². The van der Waals surface area contributed by atoms with Crippen LogP contribution in [-0.4, -0.2) is 6.29 Å². The van der Waals surface area contributed by atoms with Gasteiger partial charge in [0.25, 0.3) is 0 Å². The topological polar surface area (TPSA) is 17.1 Å². The van der Waals surface area contributed by atoms with E-state index in [0.29, 0.717) is 5.41 Å². The molecule has 11 heavy (non-hydrogen) atoms. The highest BCUT2D eigenvalue weighted by molar-refractivity contribution is 5.73. The molecule has 1 aliphatic carbocycles. The van der Waals surface area contributed by atoms with Crippen molar-refractivity contribution < 1.29 is 4.79 Å². The third-order valence-electron chi connectivity index (χ3n) is 2.39. The molecule has 0 bridgehead atoms. The number of allylic oxidation sites excluding steroid dienone is 2. The summed E-state index contributed by atoms with van der Waals surface area (Å²) in [4.78, 5) is 10.5. The molecule has 0 N–H and O–H groups in total. The highest BCUT2D eigenvalue weighted by Crippen LogP contribution is 2.32. The Bertz CT molecular complexity index is 177. The quantitative estimate of drug-likeness (QED) is 0.528. The van der Waals surface area contributed by atoms with Crippen LogP contribution in [-0.2, 0) is 4.79 Å². The number of hydrogen-bond donors (Lipinski definition) is 0. The fraction of sp³-hybridized carbons (Fsp3) is 0.700. The smallest absolute Gasteiger partial charge is 0.145 e. The minimum Gasteiger partial charge on any atom is -0.298 e. The largest absolute Gasteiger partial charge is 0.298 e. The van der Waals surface area contributed by atoms with Gasteiger partial charge in [0.1, 0.15) is 6.29 Å². The number of aldehydes is 1. The fourth-order valence-electron chi connectivity index (χ4n) is 1.49. The van der Waals surface area contributed by atoms with E-state index in [1.54, 1.807) is 0 Å². The van der Waals surface area contributed by atoms with Gasteiger partial charge in [-0.15, -0.1) is 0 Å². The minimum atomic E-state index is 0.408. The van der Waals surface area contributed by atoms with E-state index in [-0.39, 0.29) is 0 Å². The van der Waals surface area contributed by atoms with Gasteiger partial charge < -0.3 is 0 Å². The molecule has 0 spiro atoms. The maximum absolute atomic E-state index is 10.5. The second kappa shape index (κ2) is 3.21. The van der Waals surface area contributed by atoms with Crippen LogP contribution in [0.1, 0.15) is 39.5 Å². The molecule has 0 aromatic heterocycles. The summed E-state index contributed by atoms with van der Waals surface area (Å²) in [6.45, 7) is 4.52. The molecule has 0 aliphatic heterocycles. The Balaban J connectivity index is 2.63. The number of carbonyl (C=O) groups is 1. The molecule has 0 unspecified atom stereocenters. The summed E-state index contributed by atoms with van der Waals surface area (Å²) in [5.74, 6) is 0. The molecule has 0 radical (unpaired) electrons. The zero-order valence-electron chi connectivity index (χ0n) is 7.39. The summed E-state index contributed by atoms with van der Waals surface area (Å²) < 4.78 is 0. The minimum absolute atomic E-state index is 0.408. The average Bonchev–Trinajstić information content (AvgIpc) is 2.10. The lowest BCUT2D eigenvalue weighted by molar-refractivity contribution is -0.105. The molecule has 0 atom stereocenters. The van der Waals surface area contributed by atoms with Crippen molar-refractivity contribution in [3.05, 3.63) is 11.6 Å². The maximum atomic E-state index is 10.5. The van der Waals surface area contributed by atoms with Crippen molar-refractivity contribution >= 4 is 6.29 Å². The van der Waals surface area contributed by atoms with Gasteiger partial charge in [-0.1, -0.05) is 19.9 Å². The van der Waals surface area contributed by atoms with E-state index >= 15 is 0 Å². The first-order chi connectivity index (χ1) is 5.14. The van der Waals surface area contributed by atoms with Crippen molar-refractivity contribution in [2.45, 2.75) is 39.5 Å². The van der Waals surface area contributed by atoms with Gasteiger partial charge in [0.05, 0.1) is 0 Å². The predicted molar refractivity (Wildman–Crippen MR) is 46.4 cm³/mol. The molecular formula is C10H16O. The monoisotopic (exact) mass is 152 g/mol. The standard InChI is InChI=1S/C10H16O/c1-10(2)6-3-4-9(8-11)5-7-10/h5,8H,3-4,6-7H2,1-2H3. The van der Waals surface area contributed by atoms with Crippen LogP contribution in [0.2, 0.25) is 0 Å². The first kappa shape index (κ1) is 8.51. The normalized spacial score (nSPS) is 23.6. The van der Waals surface area contributed by atoms with E-state index in [9.17, 15) is 4.79 Å². The molecule has 1 aliphatic rings. The summed E-state index contributed by atoms with van der Waals surface area (Å²) in [7, 11) is 0. The Morgan fingerprint density at radius 2 is 2.27 bits per heavy atom. The van der Waals surface area contributed by atoms with Crippen molar-refractivity contribution in [1.29, 1.82) is 0 Å². The van der Waals surface area contributed by atoms with Gasteiger partial charge in [0.15, 0.2) is 0 Å². The highest BCUT2D eigenvalue weighted by Gasteiger charge is 2.18. The Hall–Kier alpha value is -0.590. The third-order valence-corrected chi connectivity index (χ3v) is 2.39. The number of carbonyl (C=O) groups excluding carboxylic acids is 1. The first-order valence-electron chi connectivity index (χ1n) is 4.28. The van der Waals surface area contributed by atoms with E-state index in [1.165, 1.54) is 6.42 Å². The highest BCUT2D eigenvalue weighted by atomic mass is 16.1. The lowest BCUT2D eigenvalue weighted by Crippen LogP contribution is -2.07. The van der Waals surface area contributed by atoms with Crippen LogP contribution in [0.5, 0.6) is 0 Å². The SMILES string of the molecule is CC1(C)CC=C(C=O)CCC1. The van der Waals surface area contributed by atoms with Crippen molar-refractivity contribution in [1.82, 2.24) is 0 Å². The molecule has 0 amide bonds. The molecule has 1 rings (SSSR count). The maximum Gasteiger partial charge on any atom is 0.145 e. The number of hydrogen-bond acceptors (Lipinski definition) is 1. The van der Waals surface area contributed by atoms with Crippen LogP contribution in [0.4, 0.5) is 0 Å². The van der Waals surface area contributed by atoms with Crippen molar-refractivity contribution in [3.8, 4) is 0 Å². The van der Waals surface area contributed by atoms with E-state index in [1.807, 2.05) is 0 Å². The van der Waals surface area contributed by atoms with Crippen molar-refractivity contribution in [3.63, 3.8) is 0 Å². The second-order valence-electron chi connectivity index (χ2n) is 4.12. The summed E-state index contributed by atoms with van der Waals surface area (Å²) in [5, 5.41) is 0. The zero-order chi connectivity index (χ0) is 8.32. The zero-order valence-corrected chi connectivity index (χ0v) is 7.39. The van der Waals surface area contributed by atoms with Gasteiger partial charge in [0, 0.05) is 0 Å².